The topological polar surface area (TPSA) is 29.3 Å². The molecule has 14 heavy (non-hydrogen) atoms. The van der Waals surface area contributed by atoms with Crippen molar-refractivity contribution in [3.05, 3.63) is 29.6 Å². The second kappa shape index (κ2) is 3.94. The second-order valence-electron chi connectivity index (χ2n) is 3.34. The smallest absolute Gasteiger partial charge is 0.181 e. The Kier molecular flexibility index (Phi) is 2.65. The summed E-state index contributed by atoms with van der Waals surface area (Å²) in [5.74, 6) is 0.897. The van der Waals surface area contributed by atoms with Gasteiger partial charge in [-0.3, -0.25) is 0 Å². The van der Waals surface area contributed by atoms with Crippen molar-refractivity contribution >= 4 is 11.3 Å². The lowest BCUT2D eigenvalue weighted by atomic mass is 10.3. The minimum Gasteiger partial charge on any atom is -0.442 e. The van der Waals surface area contributed by atoms with Gasteiger partial charge in [-0.15, -0.1) is 11.3 Å². The van der Waals surface area contributed by atoms with Crippen molar-refractivity contribution in [1.29, 1.82) is 0 Å². The van der Waals surface area contributed by atoms with E-state index in [1.54, 1.807) is 11.3 Å². The van der Waals surface area contributed by atoms with E-state index in [-0.39, 0.29) is 0 Å². The molecule has 0 saturated carbocycles. The van der Waals surface area contributed by atoms with Crippen LogP contribution in [0.2, 0.25) is 0 Å². The minimum atomic E-state index is 0.809. The summed E-state index contributed by atoms with van der Waals surface area (Å²) >= 11 is 1.67. The van der Waals surface area contributed by atoms with E-state index in [0.717, 1.165) is 22.9 Å². The Morgan fingerprint density at radius 3 is 3.00 bits per heavy atom. The molecule has 0 aliphatic carbocycles. The van der Waals surface area contributed by atoms with E-state index in [1.807, 2.05) is 31.6 Å². The summed E-state index contributed by atoms with van der Waals surface area (Å²) in [6, 6.07) is 4.06. The van der Waals surface area contributed by atoms with Crippen LogP contribution in [0, 0.1) is 0 Å². The van der Waals surface area contributed by atoms with Crippen molar-refractivity contribution in [3.8, 4) is 10.6 Å². The number of rotatable bonds is 3. The van der Waals surface area contributed by atoms with Crippen LogP contribution in [0.5, 0.6) is 0 Å². The Morgan fingerprint density at radius 2 is 2.36 bits per heavy atom. The zero-order valence-corrected chi connectivity index (χ0v) is 9.04. The number of nitrogens with zero attached hydrogens (tertiary/aromatic N) is 2. The maximum atomic E-state index is 5.38. The number of aromatic nitrogens is 1. The zero-order chi connectivity index (χ0) is 9.97. The SMILES string of the molecule is CN(C)Cc1ncoc1-c1cccs1. The minimum absolute atomic E-state index is 0.809. The molecule has 0 spiro atoms. The largest absolute Gasteiger partial charge is 0.442 e. The third-order valence-electron chi connectivity index (χ3n) is 1.85. The van der Waals surface area contributed by atoms with Crippen LogP contribution in [-0.2, 0) is 6.54 Å². The number of oxazole rings is 1. The van der Waals surface area contributed by atoms with Gasteiger partial charge in [0.2, 0.25) is 0 Å². The standard InChI is InChI=1S/C10H12N2OS/c1-12(2)6-8-10(13-7-11-8)9-4-3-5-14-9/h3-5,7H,6H2,1-2H3. The van der Waals surface area contributed by atoms with E-state index in [0.29, 0.717) is 0 Å². The third-order valence-corrected chi connectivity index (χ3v) is 2.72. The number of hydrogen-bond acceptors (Lipinski definition) is 4. The highest BCUT2D eigenvalue weighted by molar-refractivity contribution is 7.13. The molecule has 2 aromatic rings. The van der Waals surface area contributed by atoms with Crippen LogP contribution in [-0.4, -0.2) is 24.0 Å². The molecular weight excluding hydrogens is 196 g/mol. The molecule has 2 rings (SSSR count). The van der Waals surface area contributed by atoms with Gasteiger partial charge in [0.05, 0.1) is 4.88 Å². The molecule has 0 aliphatic heterocycles. The van der Waals surface area contributed by atoms with Crippen molar-refractivity contribution in [2.24, 2.45) is 0 Å². The molecule has 0 atom stereocenters. The first-order valence-corrected chi connectivity index (χ1v) is 5.26. The highest BCUT2D eigenvalue weighted by Gasteiger charge is 2.11. The average Bonchev–Trinajstić information content (AvgIpc) is 2.70. The van der Waals surface area contributed by atoms with Crippen LogP contribution < -0.4 is 0 Å². The Hall–Kier alpha value is -1.13. The molecule has 0 aliphatic rings. The predicted molar refractivity (Wildman–Crippen MR) is 57.2 cm³/mol. The fraction of sp³-hybridized carbons (Fsp3) is 0.300. The van der Waals surface area contributed by atoms with Crippen molar-refractivity contribution in [2.75, 3.05) is 14.1 Å². The van der Waals surface area contributed by atoms with Gasteiger partial charge in [-0.2, -0.15) is 0 Å². The normalized spacial score (nSPS) is 11.1. The Morgan fingerprint density at radius 1 is 1.50 bits per heavy atom. The number of thiophene rings is 1. The van der Waals surface area contributed by atoms with Crippen LogP contribution in [0.3, 0.4) is 0 Å². The highest BCUT2D eigenvalue weighted by atomic mass is 32.1. The molecule has 0 bridgehead atoms. The van der Waals surface area contributed by atoms with Crippen LogP contribution in [0.1, 0.15) is 5.69 Å². The monoisotopic (exact) mass is 208 g/mol. The molecule has 0 saturated heterocycles. The first kappa shape index (κ1) is 9.43. The Labute approximate surface area is 87.0 Å². The molecule has 2 aromatic heterocycles. The lowest BCUT2D eigenvalue weighted by Gasteiger charge is -2.06. The van der Waals surface area contributed by atoms with Crippen LogP contribution in [0.4, 0.5) is 0 Å². The van der Waals surface area contributed by atoms with E-state index >= 15 is 0 Å². The summed E-state index contributed by atoms with van der Waals surface area (Å²) in [7, 11) is 4.04. The van der Waals surface area contributed by atoms with Gasteiger partial charge in [0, 0.05) is 6.54 Å². The quantitative estimate of drug-likeness (QED) is 0.776. The molecule has 0 radical (unpaired) electrons. The molecule has 0 amide bonds. The fourth-order valence-corrected chi connectivity index (χ4v) is 2.02. The van der Waals surface area contributed by atoms with E-state index in [1.165, 1.54) is 6.39 Å². The summed E-state index contributed by atoms with van der Waals surface area (Å²) in [4.78, 5) is 7.43. The van der Waals surface area contributed by atoms with E-state index in [2.05, 4.69) is 9.88 Å². The zero-order valence-electron chi connectivity index (χ0n) is 8.23. The first-order valence-electron chi connectivity index (χ1n) is 4.38. The predicted octanol–water partition coefficient (Wildman–Crippen LogP) is 2.46. The van der Waals surface area contributed by atoms with Crippen LogP contribution in [0.15, 0.2) is 28.3 Å². The van der Waals surface area contributed by atoms with Gasteiger partial charge in [0.15, 0.2) is 12.2 Å². The van der Waals surface area contributed by atoms with E-state index in [9.17, 15) is 0 Å². The first-order chi connectivity index (χ1) is 6.77. The second-order valence-corrected chi connectivity index (χ2v) is 4.29. The molecule has 4 heteroatoms. The Balaban J connectivity index is 2.30. The van der Waals surface area contributed by atoms with Gasteiger partial charge < -0.3 is 9.32 Å². The summed E-state index contributed by atoms with van der Waals surface area (Å²) in [6.45, 7) is 0.809. The average molecular weight is 208 g/mol. The summed E-state index contributed by atoms with van der Waals surface area (Å²) in [6.07, 6.45) is 1.51. The van der Waals surface area contributed by atoms with Crippen molar-refractivity contribution in [1.82, 2.24) is 9.88 Å². The van der Waals surface area contributed by atoms with Gasteiger partial charge in [-0.25, -0.2) is 4.98 Å². The maximum Gasteiger partial charge on any atom is 0.181 e. The molecule has 2 heterocycles. The fourth-order valence-electron chi connectivity index (χ4n) is 1.29. The highest BCUT2D eigenvalue weighted by Crippen LogP contribution is 2.27. The lowest BCUT2D eigenvalue weighted by Crippen LogP contribution is -2.11. The molecule has 0 fully saturated rings. The van der Waals surface area contributed by atoms with Crippen molar-refractivity contribution in [3.63, 3.8) is 0 Å². The van der Waals surface area contributed by atoms with Crippen LogP contribution >= 0.6 is 11.3 Å². The maximum absolute atomic E-state index is 5.38. The molecular formula is C10H12N2OS. The van der Waals surface area contributed by atoms with E-state index < -0.39 is 0 Å². The number of hydrogen-bond donors (Lipinski definition) is 0. The van der Waals surface area contributed by atoms with Gasteiger partial charge >= 0.3 is 0 Å². The lowest BCUT2D eigenvalue weighted by molar-refractivity contribution is 0.397. The molecule has 0 N–H and O–H groups in total. The summed E-state index contributed by atoms with van der Waals surface area (Å²) in [5.41, 5.74) is 0.998. The summed E-state index contributed by atoms with van der Waals surface area (Å²) in [5, 5.41) is 2.04. The van der Waals surface area contributed by atoms with Gasteiger partial charge in [-0.1, -0.05) is 6.07 Å². The van der Waals surface area contributed by atoms with Crippen molar-refractivity contribution < 1.29 is 4.42 Å². The summed E-state index contributed by atoms with van der Waals surface area (Å²) < 4.78 is 5.38. The molecule has 0 unspecified atom stereocenters. The van der Waals surface area contributed by atoms with Crippen LogP contribution in [0.25, 0.3) is 10.6 Å². The van der Waals surface area contributed by atoms with Gasteiger partial charge in [-0.05, 0) is 25.5 Å². The third kappa shape index (κ3) is 1.86. The van der Waals surface area contributed by atoms with Crippen molar-refractivity contribution in [2.45, 2.75) is 6.54 Å². The molecule has 3 nitrogen and oxygen atoms in total. The van der Waals surface area contributed by atoms with Gasteiger partial charge in [0.25, 0.3) is 0 Å². The molecule has 0 aromatic carbocycles. The van der Waals surface area contributed by atoms with Gasteiger partial charge in [0.1, 0.15) is 5.69 Å². The Bertz CT molecular complexity index is 392. The molecule has 74 valence electrons. The van der Waals surface area contributed by atoms with E-state index in [4.69, 9.17) is 4.42 Å².